The third kappa shape index (κ3) is 5.91. The fourth-order valence-electron chi connectivity index (χ4n) is 2.09. The molecule has 1 fully saturated rings. The van der Waals surface area contributed by atoms with Gasteiger partial charge in [-0.1, -0.05) is 13.8 Å². The zero-order valence-corrected chi connectivity index (χ0v) is 13.0. The summed E-state index contributed by atoms with van der Waals surface area (Å²) >= 11 is 1.92. The van der Waals surface area contributed by atoms with Gasteiger partial charge in [0.25, 0.3) is 0 Å². The van der Waals surface area contributed by atoms with E-state index in [2.05, 4.69) is 12.2 Å². The molecule has 108 valence electrons. The van der Waals surface area contributed by atoms with Crippen LogP contribution in [0.2, 0.25) is 0 Å². The first kappa shape index (κ1) is 16.3. The summed E-state index contributed by atoms with van der Waals surface area (Å²) < 4.78 is 28.7. The quantitative estimate of drug-likeness (QED) is 0.732. The van der Waals surface area contributed by atoms with Gasteiger partial charge in [-0.2, -0.15) is 11.8 Å². The molecule has 0 radical (unpaired) electrons. The second kappa shape index (κ2) is 8.40. The summed E-state index contributed by atoms with van der Waals surface area (Å²) in [5.41, 5.74) is 0. The van der Waals surface area contributed by atoms with Gasteiger partial charge < -0.3 is 10.1 Å². The fraction of sp³-hybridized carbons (Fsp3) is 1.00. The zero-order chi connectivity index (χ0) is 13.4. The second-order valence-electron chi connectivity index (χ2n) is 4.53. The average Bonchev–Trinajstić information content (AvgIpc) is 2.39. The Bertz CT molecular complexity index is 313. The molecule has 6 heteroatoms. The van der Waals surface area contributed by atoms with Crippen LogP contribution >= 0.6 is 11.8 Å². The highest BCUT2D eigenvalue weighted by Crippen LogP contribution is 2.18. The van der Waals surface area contributed by atoms with Gasteiger partial charge in [-0.05, 0) is 19.4 Å². The normalized spacial score (nSPS) is 22.9. The SMILES string of the molecule is CCNC(CCCS(=O)(=O)CC)C1CSCCO1. The lowest BCUT2D eigenvalue weighted by atomic mass is 10.1. The van der Waals surface area contributed by atoms with E-state index in [1.165, 1.54) is 0 Å². The minimum Gasteiger partial charge on any atom is -0.375 e. The van der Waals surface area contributed by atoms with Crippen LogP contribution in [-0.4, -0.2) is 56.7 Å². The Morgan fingerprint density at radius 1 is 1.44 bits per heavy atom. The number of nitrogens with one attached hydrogen (secondary N) is 1. The summed E-state index contributed by atoms with van der Waals surface area (Å²) in [6, 6.07) is 0.287. The molecule has 0 aromatic heterocycles. The van der Waals surface area contributed by atoms with Crippen molar-refractivity contribution < 1.29 is 13.2 Å². The van der Waals surface area contributed by atoms with Crippen molar-refractivity contribution in [2.45, 2.75) is 38.8 Å². The summed E-state index contributed by atoms with van der Waals surface area (Å²) in [7, 11) is -2.83. The molecule has 0 spiro atoms. The highest BCUT2D eigenvalue weighted by molar-refractivity contribution is 7.99. The third-order valence-corrected chi connectivity index (χ3v) is 5.98. The van der Waals surface area contributed by atoms with E-state index < -0.39 is 9.84 Å². The minimum atomic E-state index is -2.83. The Kier molecular flexibility index (Phi) is 7.60. The van der Waals surface area contributed by atoms with Gasteiger partial charge in [0.1, 0.15) is 9.84 Å². The number of hydrogen-bond donors (Lipinski definition) is 1. The number of likely N-dealkylation sites (N-methyl/N-ethyl adjacent to an activating group) is 1. The molecule has 0 aromatic carbocycles. The molecule has 1 heterocycles. The first-order chi connectivity index (χ1) is 8.59. The van der Waals surface area contributed by atoms with E-state index in [0.717, 1.165) is 37.5 Å². The summed E-state index contributed by atoms with van der Waals surface area (Å²) in [5, 5.41) is 3.42. The van der Waals surface area contributed by atoms with E-state index in [-0.39, 0.29) is 17.9 Å². The second-order valence-corrected chi connectivity index (χ2v) is 8.15. The number of ether oxygens (including phenoxy) is 1. The van der Waals surface area contributed by atoms with Crippen molar-refractivity contribution >= 4 is 21.6 Å². The lowest BCUT2D eigenvalue weighted by Crippen LogP contribution is -2.45. The van der Waals surface area contributed by atoms with Crippen LogP contribution < -0.4 is 5.32 Å². The average molecular weight is 295 g/mol. The van der Waals surface area contributed by atoms with Gasteiger partial charge in [0.15, 0.2) is 0 Å². The molecule has 0 bridgehead atoms. The Labute approximate surface area is 115 Å². The first-order valence-corrected chi connectivity index (χ1v) is 9.69. The number of thioether (sulfide) groups is 1. The minimum absolute atomic E-state index is 0.230. The molecule has 4 nitrogen and oxygen atoms in total. The molecule has 0 saturated carbocycles. The van der Waals surface area contributed by atoms with Gasteiger partial charge in [-0.15, -0.1) is 0 Å². The van der Waals surface area contributed by atoms with Crippen molar-refractivity contribution in [2.75, 3.05) is 36.2 Å². The van der Waals surface area contributed by atoms with E-state index >= 15 is 0 Å². The molecule has 2 atom stereocenters. The lowest BCUT2D eigenvalue weighted by molar-refractivity contribution is 0.0451. The van der Waals surface area contributed by atoms with Gasteiger partial charge in [0.2, 0.25) is 0 Å². The monoisotopic (exact) mass is 295 g/mol. The Morgan fingerprint density at radius 2 is 2.22 bits per heavy atom. The van der Waals surface area contributed by atoms with Crippen molar-refractivity contribution in [1.82, 2.24) is 5.32 Å². The van der Waals surface area contributed by atoms with E-state index in [1.54, 1.807) is 6.92 Å². The van der Waals surface area contributed by atoms with Crippen LogP contribution in [0.5, 0.6) is 0 Å². The standard InChI is InChI=1S/C12H25NO3S2/c1-3-13-11(12-10-17-8-7-16-12)6-5-9-18(14,15)4-2/h11-13H,3-10H2,1-2H3. The van der Waals surface area contributed by atoms with Crippen LogP contribution in [0.1, 0.15) is 26.7 Å². The molecule has 1 rings (SSSR count). The summed E-state index contributed by atoms with van der Waals surface area (Å²) in [4.78, 5) is 0. The van der Waals surface area contributed by atoms with E-state index in [9.17, 15) is 8.42 Å². The predicted octanol–water partition coefficient (Wildman–Crippen LogP) is 1.31. The maximum absolute atomic E-state index is 11.5. The first-order valence-electron chi connectivity index (χ1n) is 6.72. The van der Waals surface area contributed by atoms with Crippen molar-refractivity contribution in [3.8, 4) is 0 Å². The largest absolute Gasteiger partial charge is 0.375 e. The van der Waals surface area contributed by atoms with Crippen molar-refractivity contribution in [2.24, 2.45) is 0 Å². The lowest BCUT2D eigenvalue weighted by Gasteiger charge is -2.30. The van der Waals surface area contributed by atoms with Crippen LogP contribution in [0, 0.1) is 0 Å². The number of rotatable bonds is 8. The van der Waals surface area contributed by atoms with E-state index in [4.69, 9.17) is 4.74 Å². The van der Waals surface area contributed by atoms with Gasteiger partial charge >= 0.3 is 0 Å². The third-order valence-electron chi connectivity index (χ3n) is 3.17. The van der Waals surface area contributed by atoms with Crippen molar-refractivity contribution in [3.63, 3.8) is 0 Å². The molecule has 1 saturated heterocycles. The highest BCUT2D eigenvalue weighted by Gasteiger charge is 2.24. The van der Waals surface area contributed by atoms with E-state index in [0.29, 0.717) is 5.75 Å². The van der Waals surface area contributed by atoms with Crippen LogP contribution in [0.4, 0.5) is 0 Å². The van der Waals surface area contributed by atoms with Crippen molar-refractivity contribution in [3.05, 3.63) is 0 Å². The van der Waals surface area contributed by atoms with Crippen molar-refractivity contribution in [1.29, 1.82) is 0 Å². The smallest absolute Gasteiger partial charge is 0.150 e. The molecular weight excluding hydrogens is 270 g/mol. The zero-order valence-electron chi connectivity index (χ0n) is 11.4. The van der Waals surface area contributed by atoms with Gasteiger partial charge in [-0.25, -0.2) is 8.42 Å². The van der Waals surface area contributed by atoms with E-state index in [1.807, 2.05) is 11.8 Å². The molecule has 2 unspecified atom stereocenters. The molecule has 18 heavy (non-hydrogen) atoms. The van der Waals surface area contributed by atoms with Gasteiger partial charge in [0, 0.05) is 23.3 Å². The maximum Gasteiger partial charge on any atom is 0.150 e. The molecule has 1 N–H and O–H groups in total. The topological polar surface area (TPSA) is 55.4 Å². The molecular formula is C12H25NO3S2. The van der Waals surface area contributed by atoms with Gasteiger partial charge in [-0.3, -0.25) is 0 Å². The van der Waals surface area contributed by atoms with Crippen LogP contribution in [0.15, 0.2) is 0 Å². The summed E-state index contributed by atoms with van der Waals surface area (Å²) in [6.45, 7) is 5.49. The highest BCUT2D eigenvalue weighted by atomic mass is 32.2. The molecule has 1 aliphatic rings. The van der Waals surface area contributed by atoms with Crippen LogP contribution in [-0.2, 0) is 14.6 Å². The molecule has 0 amide bonds. The predicted molar refractivity (Wildman–Crippen MR) is 78.1 cm³/mol. The maximum atomic E-state index is 11.5. The Balaban J connectivity index is 2.37. The molecule has 0 aliphatic carbocycles. The van der Waals surface area contributed by atoms with Crippen LogP contribution in [0.25, 0.3) is 0 Å². The Hall–Kier alpha value is 0.220. The number of sulfone groups is 1. The summed E-state index contributed by atoms with van der Waals surface area (Å²) in [5.74, 6) is 2.62. The fourth-order valence-corrected chi connectivity index (χ4v) is 3.92. The molecule has 0 aromatic rings. The summed E-state index contributed by atoms with van der Waals surface area (Å²) in [6.07, 6.45) is 1.82. The van der Waals surface area contributed by atoms with Crippen LogP contribution in [0.3, 0.4) is 0 Å². The molecule has 1 aliphatic heterocycles. The van der Waals surface area contributed by atoms with Gasteiger partial charge in [0.05, 0.1) is 18.5 Å². The Morgan fingerprint density at radius 3 is 2.78 bits per heavy atom. The number of hydrogen-bond acceptors (Lipinski definition) is 5.